The van der Waals surface area contributed by atoms with Crippen molar-refractivity contribution < 1.29 is 14.3 Å². The van der Waals surface area contributed by atoms with Gasteiger partial charge < -0.3 is 9.47 Å². The zero-order chi connectivity index (χ0) is 12.1. The largest absolute Gasteiger partial charge is 0.459 e. The molecule has 17 heavy (non-hydrogen) atoms. The molecule has 1 aliphatic rings. The van der Waals surface area contributed by atoms with Gasteiger partial charge in [0.1, 0.15) is 12.2 Å². The van der Waals surface area contributed by atoms with Crippen molar-refractivity contribution in [3.05, 3.63) is 17.5 Å². The fourth-order valence-electron chi connectivity index (χ4n) is 1.95. The highest BCUT2D eigenvalue weighted by Crippen LogP contribution is 2.14. The molecule has 0 amide bonds. The number of carbonyl (C=O) groups is 1. The minimum absolute atomic E-state index is 0.0699. The number of esters is 1. The zero-order valence-corrected chi connectivity index (χ0v) is 10.1. The first-order valence-electron chi connectivity index (χ1n) is 6.12. The molecule has 0 spiro atoms. The van der Waals surface area contributed by atoms with Crippen LogP contribution in [0.5, 0.6) is 0 Å². The van der Waals surface area contributed by atoms with Gasteiger partial charge in [-0.1, -0.05) is 13.3 Å². The lowest BCUT2D eigenvalue weighted by molar-refractivity contribution is 0.0160. The maximum absolute atomic E-state index is 11.8. The second-order valence-electron chi connectivity index (χ2n) is 4.25. The molecule has 1 N–H and O–H groups in total. The van der Waals surface area contributed by atoms with Gasteiger partial charge in [0.05, 0.1) is 12.3 Å². The van der Waals surface area contributed by atoms with Crippen molar-refractivity contribution in [1.29, 1.82) is 0 Å². The van der Waals surface area contributed by atoms with Crippen LogP contribution in [0.3, 0.4) is 0 Å². The van der Waals surface area contributed by atoms with E-state index in [0.29, 0.717) is 12.2 Å². The molecule has 1 aromatic rings. The van der Waals surface area contributed by atoms with Crippen LogP contribution < -0.4 is 0 Å². The third-order valence-corrected chi connectivity index (χ3v) is 2.86. The fraction of sp³-hybridized carbons (Fsp3) is 0.667. The summed E-state index contributed by atoms with van der Waals surface area (Å²) < 4.78 is 10.6. The second kappa shape index (κ2) is 5.82. The molecule has 1 aliphatic heterocycles. The SMILES string of the molecule is CCCc1[nH]ncc1C(=O)OCC1CCCO1. The molecule has 0 radical (unpaired) electrons. The van der Waals surface area contributed by atoms with E-state index >= 15 is 0 Å². The van der Waals surface area contributed by atoms with E-state index in [9.17, 15) is 4.79 Å². The number of aryl methyl sites for hydroxylation is 1. The second-order valence-corrected chi connectivity index (χ2v) is 4.25. The van der Waals surface area contributed by atoms with E-state index in [1.165, 1.54) is 6.20 Å². The Balaban J connectivity index is 1.87. The van der Waals surface area contributed by atoms with E-state index in [2.05, 4.69) is 17.1 Å². The standard InChI is InChI=1S/C12H18N2O3/c1-2-4-11-10(7-13-14-11)12(15)17-8-9-5-3-6-16-9/h7,9H,2-6,8H2,1H3,(H,13,14). The van der Waals surface area contributed by atoms with Gasteiger partial charge in [-0.2, -0.15) is 5.10 Å². The summed E-state index contributed by atoms with van der Waals surface area (Å²) in [5.74, 6) is -0.308. The van der Waals surface area contributed by atoms with Crippen LogP contribution in [-0.2, 0) is 15.9 Å². The third kappa shape index (κ3) is 3.06. The Kier molecular flexibility index (Phi) is 4.14. The Morgan fingerprint density at radius 3 is 3.29 bits per heavy atom. The highest BCUT2D eigenvalue weighted by molar-refractivity contribution is 5.90. The summed E-state index contributed by atoms with van der Waals surface area (Å²) in [5, 5.41) is 6.72. The van der Waals surface area contributed by atoms with Crippen molar-refractivity contribution in [1.82, 2.24) is 10.2 Å². The first kappa shape index (κ1) is 12.1. The molecule has 0 aliphatic carbocycles. The lowest BCUT2D eigenvalue weighted by Crippen LogP contribution is -2.18. The molecule has 94 valence electrons. The molecule has 1 fully saturated rings. The van der Waals surface area contributed by atoms with E-state index < -0.39 is 0 Å². The molecule has 0 bridgehead atoms. The summed E-state index contributed by atoms with van der Waals surface area (Å²) in [7, 11) is 0. The zero-order valence-electron chi connectivity index (χ0n) is 10.1. The number of carbonyl (C=O) groups excluding carboxylic acids is 1. The van der Waals surface area contributed by atoms with Crippen LogP contribution in [0.15, 0.2) is 6.20 Å². The first-order valence-corrected chi connectivity index (χ1v) is 6.12. The third-order valence-electron chi connectivity index (χ3n) is 2.86. The normalized spacial score (nSPS) is 19.5. The molecule has 1 saturated heterocycles. The summed E-state index contributed by atoms with van der Waals surface area (Å²) >= 11 is 0. The van der Waals surface area contributed by atoms with Crippen molar-refractivity contribution >= 4 is 5.97 Å². The maximum atomic E-state index is 11.8. The molecule has 5 heteroatoms. The van der Waals surface area contributed by atoms with Crippen molar-refractivity contribution in [2.45, 2.75) is 38.7 Å². The van der Waals surface area contributed by atoms with Gasteiger partial charge in [-0.3, -0.25) is 5.10 Å². The van der Waals surface area contributed by atoms with Crippen LogP contribution >= 0.6 is 0 Å². The quantitative estimate of drug-likeness (QED) is 0.793. The maximum Gasteiger partial charge on any atom is 0.341 e. The monoisotopic (exact) mass is 238 g/mol. The van der Waals surface area contributed by atoms with Crippen LogP contribution in [-0.4, -0.2) is 35.5 Å². The molecule has 1 unspecified atom stereocenters. The van der Waals surface area contributed by atoms with Gasteiger partial charge in [-0.05, 0) is 19.3 Å². The highest BCUT2D eigenvalue weighted by Gasteiger charge is 2.20. The van der Waals surface area contributed by atoms with Gasteiger partial charge in [0.15, 0.2) is 0 Å². The van der Waals surface area contributed by atoms with Crippen LogP contribution in [0.2, 0.25) is 0 Å². The van der Waals surface area contributed by atoms with E-state index in [4.69, 9.17) is 9.47 Å². The Bertz CT molecular complexity index is 370. The average Bonchev–Trinajstić information content (AvgIpc) is 2.97. The number of ether oxygens (including phenoxy) is 2. The number of nitrogens with one attached hydrogen (secondary N) is 1. The summed E-state index contributed by atoms with van der Waals surface area (Å²) in [6, 6.07) is 0. The van der Waals surface area contributed by atoms with Crippen molar-refractivity contribution in [3.63, 3.8) is 0 Å². The molecule has 2 heterocycles. The van der Waals surface area contributed by atoms with Crippen molar-refractivity contribution in [3.8, 4) is 0 Å². The van der Waals surface area contributed by atoms with E-state index in [1.807, 2.05) is 0 Å². The highest BCUT2D eigenvalue weighted by atomic mass is 16.6. The van der Waals surface area contributed by atoms with Crippen LogP contribution in [0.25, 0.3) is 0 Å². The van der Waals surface area contributed by atoms with Crippen molar-refractivity contribution in [2.75, 3.05) is 13.2 Å². The predicted octanol–water partition coefficient (Wildman–Crippen LogP) is 1.70. The number of aromatic amines is 1. The Labute approximate surface area is 100 Å². The molecular weight excluding hydrogens is 220 g/mol. The summed E-state index contributed by atoms with van der Waals surface area (Å²) in [4.78, 5) is 11.8. The molecule has 1 atom stereocenters. The molecule has 0 saturated carbocycles. The smallest absolute Gasteiger partial charge is 0.341 e. The van der Waals surface area contributed by atoms with Crippen LogP contribution in [0.4, 0.5) is 0 Å². The van der Waals surface area contributed by atoms with Crippen LogP contribution in [0, 0.1) is 0 Å². The predicted molar refractivity (Wildman–Crippen MR) is 61.8 cm³/mol. The lowest BCUT2D eigenvalue weighted by atomic mass is 10.2. The molecular formula is C12H18N2O3. The van der Waals surface area contributed by atoms with Crippen LogP contribution in [0.1, 0.15) is 42.2 Å². The molecule has 5 nitrogen and oxygen atoms in total. The molecule has 0 aromatic carbocycles. The molecule has 2 rings (SSSR count). The number of H-pyrrole nitrogens is 1. The lowest BCUT2D eigenvalue weighted by Gasteiger charge is -2.09. The summed E-state index contributed by atoms with van der Waals surface area (Å²) in [6.45, 7) is 3.17. The van der Waals surface area contributed by atoms with Gasteiger partial charge in [0.25, 0.3) is 0 Å². The van der Waals surface area contributed by atoms with Gasteiger partial charge in [-0.25, -0.2) is 4.79 Å². The average molecular weight is 238 g/mol. The number of hydrogen-bond donors (Lipinski definition) is 1. The van der Waals surface area contributed by atoms with Gasteiger partial charge in [0, 0.05) is 12.3 Å². The molecule has 1 aromatic heterocycles. The topological polar surface area (TPSA) is 64.2 Å². The number of hydrogen-bond acceptors (Lipinski definition) is 4. The Morgan fingerprint density at radius 2 is 2.59 bits per heavy atom. The van der Waals surface area contributed by atoms with Crippen molar-refractivity contribution in [2.24, 2.45) is 0 Å². The van der Waals surface area contributed by atoms with Gasteiger partial charge in [0.2, 0.25) is 0 Å². The Hall–Kier alpha value is -1.36. The Morgan fingerprint density at radius 1 is 1.71 bits per heavy atom. The first-order chi connectivity index (χ1) is 8.31. The van der Waals surface area contributed by atoms with E-state index in [0.717, 1.165) is 38.0 Å². The minimum Gasteiger partial charge on any atom is -0.459 e. The van der Waals surface area contributed by atoms with E-state index in [1.54, 1.807) is 0 Å². The number of aromatic nitrogens is 2. The minimum atomic E-state index is -0.308. The fourth-order valence-corrected chi connectivity index (χ4v) is 1.95. The summed E-state index contributed by atoms with van der Waals surface area (Å²) in [5.41, 5.74) is 1.40. The number of nitrogens with zero attached hydrogens (tertiary/aromatic N) is 1. The van der Waals surface area contributed by atoms with E-state index in [-0.39, 0.29) is 12.1 Å². The van der Waals surface area contributed by atoms with Gasteiger partial charge >= 0.3 is 5.97 Å². The summed E-state index contributed by atoms with van der Waals surface area (Å²) in [6.07, 6.45) is 5.40. The number of rotatable bonds is 5. The van der Waals surface area contributed by atoms with Gasteiger partial charge in [-0.15, -0.1) is 0 Å².